The van der Waals surface area contributed by atoms with Crippen molar-refractivity contribution in [3.8, 4) is 0 Å². The number of alkyl halides is 3. The van der Waals surface area contributed by atoms with Crippen molar-refractivity contribution in [1.82, 2.24) is 9.21 Å². The lowest BCUT2D eigenvalue weighted by Gasteiger charge is -2.22. The highest BCUT2D eigenvalue weighted by Gasteiger charge is 2.40. The van der Waals surface area contributed by atoms with Gasteiger partial charge in [-0.1, -0.05) is 18.2 Å². The summed E-state index contributed by atoms with van der Waals surface area (Å²) in [6, 6.07) is 5.33. The van der Waals surface area contributed by atoms with Crippen molar-refractivity contribution in [1.29, 1.82) is 0 Å². The smallest absolute Gasteiger partial charge is 0.298 e. The predicted octanol–water partition coefficient (Wildman–Crippen LogP) is 2.71. The molecular formula is C16H21F3N2O2S. The summed E-state index contributed by atoms with van der Waals surface area (Å²) in [6.07, 6.45) is -2.16. The van der Waals surface area contributed by atoms with E-state index in [2.05, 4.69) is 0 Å². The first-order chi connectivity index (χ1) is 11.3. The molecule has 0 radical (unpaired) electrons. The minimum Gasteiger partial charge on any atom is -0.298 e. The predicted molar refractivity (Wildman–Crippen MR) is 84.9 cm³/mol. The Hall–Kier alpha value is -1.12. The van der Waals surface area contributed by atoms with E-state index in [1.54, 1.807) is 10.4 Å². The number of sulfonamides is 1. The Kier molecular flexibility index (Phi) is 4.90. The molecule has 0 N–H and O–H groups in total. The lowest BCUT2D eigenvalue weighted by Crippen LogP contribution is -2.37. The maximum absolute atomic E-state index is 12.8. The van der Waals surface area contributed by atoms with Crippen LogP contribution in [0.2, 0.25) is 0 Å². The van der Waals surface area contributed by atoms with Gasteiger partial charge in [-0.05, 0) is 37.4 Å². The van der Waals surface area contributed by atoms with Gasteiger partial charge in [0.1, 0.15) is 0 Å². The van der Waals surface area contributed by atoms with Crippen molar-refractivity contribution in [2.45, 2.75) is 37.2 Å². The molecule has 0 aromatic heterocycles. The molecule has 0 spiro atoms. The largest absolute Gasteiger partial charge is 0.416 e. The van der Waals surface area contributed by atoms with Crippen LogP contribution in [-0.4, -0.2) is 49.1 Å². The molecule has 0 bridgehead atoms. The second kappa shape index (κ2) is 6.65. The van der Waals surface area contributed by atoms with Crippen molar-refractivity contribution in [3.63, 3.8) is 0 Å². The van der Waals surface area contributed by atoms with Gasteiger partial charge in [0.2, 0.25) is 10.0 Å². The quantitative estimate of drug-likeness (QED) is 0.827. The Morgan fingerprint density at radius 2 is 1.83 bits per heavy atom. The van der Waals surface area contributed by atoms with Crippen LogP contribution in [0.15, 0.2) is 24.3 Å². The molecule has 8 heteroatoms. The summed E-state index contributed by atoms with van der Waals surface area (Å²) in [5.74, 6) is 0. The van der Waals surface area contributed by atoms with Crippen molar-refractivity contribution in [2.75, 3.05) is 26.2 Å². The molecule has 2 aliphatic rings. The van der Waals surface area contributed by atoms with E-state index in [9.17, 15) is 21.6 Å². The van der Waals surface area contributed by atoms with Crippen LogP contribution in [0.1, 0.15) is 30.4 Å². The molecule has 1 aliphatic heterocycles. The zero-order valence-corrected chi connectivity index (χ0v) is 14.1. The summed E-state index contributed by atoms with van der Waals surface area (Å²) < 4.78 is 64.5. The molecule has 0 unspecified atom stereocenters. The minimum atomic E-state index is -4.34. The molecular weight excluding hydrogens is 341 g/mol. The molecule has 0 amide bonds. The third-order valence-corrected chi connectivity index (χ3v) is 6.91. The maximum atomic E-state index is 12.8. The number of halogens is 3. The van der Waals surface area contributed by atoms with Gasteiger partial charge in [-0.3, -0.25) is 4.90 Å². The normalized spacial score (nSPS) is 21.6. The molecule has 1 saturated heterocycles. The van der Waals surface area contributed by atoms with Crippen LogP contribution in [0.5, 0.6) is 0 Å². The number of nitrogens with zero attached hydrogens (tertiary/aromatic N) is 2. The van der Waals surface area contributed by atoms with Gasteiger partial charge in [0.15, 0.2) is 0 Å². The Morgan fingerprint density at radius 3 is 2.50 bits per heavy atom. The zero-order chi connectivity index (χ0) is 17.4. The van der Waals surface area contributed by atoms with Gasteiger partial charge < -0.3 is 0 Å². The first-order valence-corrected chi connectivity index (χ1v) is 9.64. The van der Waals surface area contributed by atoms with Gasteiger partial charge in [0.25, 0.3) is 0 Å². The average molecular weight is 362 g/mol. The standard InChI is InChI=1S/C16H21F3N2O2S/c17-16(18,19)14-4-1-3-13(11-14)12-20-7-2-8-21(10-9-20)24(22,23)15-5-6-15/h1,3-4,11,15H,2,5-10,12H2. The van der Waals surface area contributed by atoms with Gasteiger partial charge in [0, 0.05) is 26.2 Å². The summed E-state index contributed by atoms with van der Waals surface area (Å²) >= 11 is 0. The van der Waals surface area contributed by atoms with E-state index < -0.39 is 21.8 Å². The van der Waals surface area contributed by atoms with Crippen LogP contribution in [0, 0.1) is 0 Å². The monoisotopic (exact) mass is 362 g/mol. The summed E-state index contributed by atoms with van der Waals surface area (Å²) in [5, 5.41) is -0.215. The molecule has 4 nitrogen and oxygen atoms in total. The van der Waals surface area contributed by atoms with Gasteiger partial charge in [0.05, 0.1) is 10.8 Å². The van der Waals surface area contributed by atoms with E-state index in [1.807, 2.05) is 4.90 Å². The molecule has 1 saturated carbocycles. The fourth-order valence-electron chi connectivity index (χ4n) is 3.04. The fourth-order valence-corrected chi connectivity index (χ4v) is 4.91. The Bertz CT molecular complexity index is 687. The van der Waals surface area contributed by atoms with E-state index in [0.717, 1.165) is 18.9 Å². The minimum absolute atomic E-state index is 0.215. The highest BCUT2D eigenvalue weighted by molar-refractivity contribution is 7.90. The van der Waals surface area contributed by atoms with Crippen LogP contribution < -0.4 is 0 Å². The topological polar surface area (TPSA) is 40.6 Å². The van der Waals surface area contributed by atoms with Gasteiger partial charge in [-0.25, -0.2) is 12.7 Å². The second-order valence-corrected chi connectivity index (χ2v) is 8.68. The van der Waals surface area contributed by atoms with Crippen LogP contribution in [0.3, 0.4) is 0 Å². The Balaban J connectivity index is 1.63. The number of benzene rings is 1. The highest BCUT2D eigenvalue weighted by Crippen LogP contribution is 2.32. The molecule has 2 fully saturated rings. The number of rotatable bonds is 4. The van der Waals surface area contributed by atoms with Crippen LogP contribution in [0.4, 0.5) is 13.2 Å². The SMILES string of the molecule is O=S(=O)(C1CC1)N1CCCN(Cc2cccc(C(F)(F)F)c2)CC1. The van der Waals surface area contributed by atoms with E-state index in [4.69, 9.17) is 0 Å². The summed E-state index contributed by atoms with van der Waals surface area (Å²) in [4.78, 5) is 2.03. The van der Waals surface area contributed by atoms with Crippen molar-refractivity contribution >= 4 is 10.0 Å². The van der Waals surface area contributed by atoms with Crippen molar-refractivity contribution < 1.29 is 21.6 Å². The lowest BCUT2D eigenvalue weighted by molar-refractivity contribution is -0.137. The third kappa shape index (κ3) is 4.10. The third-order valence-electron chi connectivity index (χ3n) is 4.51. The zero-order valence-electron chi connectivity index (χ0n) is 13.3. The van der Waals surface area contributed by atoms with Gasteiger partial charge in [-0.15, -0.1) is 0 Å². The molecule has 1 heterocycles. The van der Waals surface area contributed by atoms with E-state index in [1.165, 1.54) is 12.1 Å². The average Bonchev–Trinajstić information content (AvgIpc) is 3.34. The van der Waals surface area contributed by atoms with E-state index in [0.29, 0.717) is 44.7 Å². The van der Waals surface area contributed by atoms with Gasteiger partial charge in [-0.2, -0.15) is 13.2 Å². The highest BCUT2D eigenvalue weighted by atomic mass is 32.2. The molecule has 3 rings (SSSR count). The first-order valence-electron chi connectivity index (χ1n) is 8.14. The lowest BCUT2D eigenvalue weighted by atomic mass is 10.1. The van der Waals surface area contributed by atoms with Crippen molar-refractivity contribution in [3.05, 3.63) is 35.4 Å². The summed E-state index contributed by atoms with van der Waals surface area (Å²) in [7, 11) is -3.18. The maximum Gasteiger partial charge on any atom is 0.416 e. The van der Waals surface area contributed by atoms with Crippen LogP contribution in [-0.2, 0) is 22.7 Å². The summed E-state index contributed by atoms with van der Waals surface area (Å²) in [6.45, 7) is 2.55. The molecule has 0 atom stereocenters. The van der Waals surface area contributed by atoms with Crippen LogP contribution >= 0.6 is 0 Å². The Morgan fingerprint density at radius 1 is 1.08 bits per heavy atom. The molecule has 1 aliphatic carbocycles. The first kappa shape index (κ1) is 17.7. The Labute approximate surface area is 140 Å². The molecule has 1 aromatic carbocycles. The molecule has 24 heavy (non-hydrogen) atoms. The number of hydrogen-bond acceptors (Lipinski definition) is 3. The molecule has 1 aromatic rings. The molecule has 134 valence electrons. The fraction of sp³-hybridized carbons (Fsp3) is 0.625. The number of hydrogen-bond donors (Lipinski definition) is 0. The van der Waals surface area contributed by atoms with E-state index in [-0.39, 0.29) is 5.25 Å². The van der Waals surface area contributed by atoms with Crippen molar-refractivity contribution in [2.24, 2.45) is 0 Å². The summed E-state index contributed by atoms with van der Waals surface area (Å²) in [5.41, 5.74) is -0.0453. The van der Waals surface area contributed by atoms with Gasteiger partial charge >= 0.3 is 6.18 Å². The van der Waals surface area contributed by atoms with Crippen LogP contribution in [0.25, 0.3) is 0 Å². The second-order valence-electron chi connectivity index (χ2n) is 6.47. The van der Waals surface area contributed by atoms with E-state index >= 15 is 0 Å².